The summed E-state index contributed by atoms with van der Waals surface area (Å²) >= 11 is 1.55. The molecule has 0 saturated heterocycles. The van der Waals surface area contributed by atoms with Crippen LogP contribution < -0.4 is 5.32 Å². The summed E-state index contributed by atoms with van der Waals surface area (Å²) in [5.74, 6) is -0.128. The lowest BCUT2D eigenvalue weighted by molar-refractivity contribution is 0.102. The number of hydrogen-bond donors (Lipinski definition) is 2. The van der Waals surface area contributed by atoms with Crippen molar-refractivity contribution in [3.63, 3.8) is 0 Å². The standard InChI is InChI=1S/C28H22N4OS/c1-19-9-11-21(12-10-19)30-28(33)24-7-2-3-8-27(24)34-22-14-15-23-25(31-32-26(23)18-22)16-13-20-6-4-5-17-29-20/h2-18H,1H3,(H,30,33)(H,31,32)/b16-13+. The molecule has 5 nitrogen and oxygen atoms in total. The van der Waals surface area contributed by atoms with E-state index in [2.05, 4.69) is 32.6 Å². The Balaban J connectivity index is 1.36. The molecule has 1 amide bonds. The monoisotopic (exact) mass is 462 g/mol. The first-order valence-corrected chi connectivity index (χ1v) is 11.7. The zero-order valence-electron chi connectivity index (χ0n) is 18.5. The Morgan fingerprint density at radius 3 is 2.59 bits per heavy atom. The van der Waals surface area contributed by atoms with E-state index in [0.29, 0.717) is 5.56 Å². The number of rotatable bonds is 6. The van der Waals surface area contributed by atoms with E-state index in [0.717, 1.165) is 43.3 Å². The Kier molecular flexibility index (Phi) is 6.23. The van der Waals surface area contributed by atoms with E-state index in [1.54, 1.807) is 18.0 Å². The number of nitrogens with zero attached hydrogens (tertiary/aromatic N) is 2. The second kappa shape index (κ2) is 9.77. The number of aromatic amines is 1. The van der Waals surface area contributed by atoms with Gasteiger partial charge in [-0.25, -0.2) is 0 Å². The number of carbonyl (C=O) groups excluding carboxylic acids is 1. The van der Waals surface area contributed by atoms with Gasteiger partial charge in [-0.3, -0.25) is 14.9 Å². The zero-order valence-corrected chi connectivity index (χ0v) is 19.3. The molecule has 2 N–H and O–H groups in total. The van der Waals surface area contributed by atoms with Crippen LogP contribution >= 0.6 is 11.8 Å². The molecule has 0 spiro atoms. The van der Waals surface area contributed by atoms with E-state index in [9.17, 15) is 4.79 Å². The van der Waals surface area contributed by atoms with Gasteiger partial charge < -0.3 is 5.32 Å². The average molecular weight is 463 g/mol. The zero-order chi connectivity index (χ0) is 23.3. The lowest BCUT2D eigenvalue weighted by Gasteiger charge is -2.10. The van der Waals surface area contributed by atoms with Crippen molar-refractivity contribution in [2.45, 2.75) is 16.7 Å². The number of aromatic nitrogens is 3. The predicted molar refractivity (Wildman–Crippen MR) is 139 cm³/mol. The highest BCUT2D eigenvalue weighted by molar-refractivity contribution is 7.99. The highest BCUT2D eigenvalue weighted by atomic mass is 32.2. The molecule has 34 heavy (non-hydrogen) atoms. The lowest BCUT2D eigenvalue weighted by atomic mass is 10.2. The molecule has 0 aliphatic rings. The van der Waals surface area contributed by atoms with Gasteiger partial charge in [0.2, 0.25) is 0 Å². The number of anilines is 1. The predicted octanol–water partition coefficient (Wildman–Crippen LogP) is 6.84. The van der Waals surface area contributed by atoms with Crippen LogP contribution in [0.5, 0.6) is 0 Å². The summed E-state index contributed by atoms with van der Waals surface area (Å²) in [6.45, 7) is 2.02. The van der Waals surface area contributed by atoms with Crippen molar-refractivity contribution >= 4 is 46.4 Å². The average Bonchev–Trinajstić information content (AvgIpc) is 3.27. The molecule has 0 saturated carbocycles. The minimum absolute atomic E-state index is 0.128. The number of aryl methyl sites for hydroxylation is 1. The van der Waals surface area contributed by atoms with Crippen LogP contribution in [0.3, 0.4) is 0 Å². The first-order chi connectivity index (χ1) is 16.7. The van der Waals surface area contributed by atoms with Crippen molar-refractivity contribution in [1.29, 1.82) is 0 Å². The molecular formula is C28H22N4OS. The Morgan fingerprint density at radius 2 is 1.76 bits per heavy atom. The number of hydrogen-bond acceptors (Lipinski definition) is 4. The summed E-state index contributed by atoms with van der Waals surface area (Å²) in [5.41, 5.74) is 5.24. The van der Waals surface area contributed by atoms with Crippen LogP contribution in [-0.4, -0.2) is 21.1 Å². The quantitative estimate of drug-likeness (QED) is 0.290. The maximum absolute atomic E-state index is 13.0. The third-order valence-electron chi connectivity index (χ3n) is 5.33. The van der Waals surface area contributed by atoms with E-state index >= 15 is 0 Å². The van der Waals surface area contributed by atoms with Gasteiger partial charge in [0.25, 0.3) is 5.91 Å². The number of H-pyrrole nitrogens is 1. The molecule has 0 bridgehead atoms. The van der Waals surface area contributed by atoms with Gasteiger partial charge >= 0.3 is 0 Å². The SMILES string of the molecule is Cc1ccc(NC(=O)c2ccccc2Sc2ccc3c(/C=C/c4ccccn4)n[nH]c3c2)cc1. The van der Waals surface area contributed by atoms with Gasteiger partial charge in [0.1, 0.15) is 0 Å². The van der Waals surface area contributed by atoms with Gasteiger partial charge in [-0.15, -0.1) is 0 Å². The number of amides is 1. The van der Waals surface area contributed by atoms with Crippen LogP contribution in [-0.2, 0) is 0 Å². The molecule has 0 aliphatic heterocycles. The number of pyridine rings is 1. The second-order valence-electron chi connectivity index (χ2n) is 7.82. The maximum Gasteiger partial charge on any atom is 0.256 e. The molecule has 3 aromatic carbocycles. The molecular weight excluding hydrogens is 440 g/mol. The fourth-order valence-corrected chi connectivity index (χ4v) is 4.54. The van der Waals surface area contributed by atoms with Crippen molar-refractivity contribution in [1.82, 2.24) is 15.2 Å². The smallest absolute Gasteiger partial charge is 0.256 e. The van der Waals surface area contributed by atoms with Gasteiger partial charge in [-0.2, -0.15) is 5.10 Å². The minimum atomic E-state index is -0.128. The number of carbonyl (C=O) groups is 1. The van der Waals surface area contributed by atoms with Crippen LogP contribution in [0.15, 0.2) is 101 Å². The van der Waals surface area contributed by atoms with Gasteiger partial charge in [-0.05, 0) is 73.7 Å². The summed E-state index contributed by atoms with van der Waals surface area (Å²) in [5, 5.41) is 11.6. The normalized spacial score (nSPS) is 11.2. The highest BCUT2D eigenvalue weighted by Crippen LogP contribution is 2.33. The van der Waals surface area contributed by atoms with Crippen LogP contribution in [0.25, 0.3) is 23.1 Å². The third kappa shape index (κ3) is 4.92. The largest absolute Gasteiger partial charge is 0.322 e. The van der Waals surface area contributed by atoms with Crippen molar-refractivity contribution in [2.24, 2.45) is 0 Å². The third-order valence-corrected chi connectivity index (χ3v) is 6.40. The van der Waals surface area contributed by atoms with E-state index in [-0.39, 0.29) is 5.91 Å². The molecule has 0 atom stereocenters. The molecule has 0 unspecified atom stereocenters. The molecule has 0 aliphatic carbocycles. The van der Waals surface area contributed by atoms with E-state index in [1.165, 1.54) is 0 Å². The number of fused-ring (bicyclic) bond motifs is 1. The number of benzene rings is 3. The molecule has 6 heteroatoms. The topological polar surface area (TPSA) is 70.7 Å². The van der Waals surface area contributed by atoms with Gasteiger partial charge in [0.15, 0.2) is 0 Å². The first kappa shape index (κ1) is 21.7. The summed E-state index contributed by atoms with van der Waals surface area (Å²) in [6.07, 6.45) is 5.67. The molecule has 5 aromatic rings. The number of nitrogens with one attached hydrogen (secondary N) is 2. The Hall–Kier alpha value is -4.16. The van der Waals surface area contributed by atoms with Crippen LogP contribution in [0, 0.1) is 6.92 Å². The van der Waals surface area contributed by atoms with Gasteiger partial charge in [0.05, 0.1) is 22.5 Å². The second-order valence-corrected chi connectivity index (χ2v) is 8.94. The molecule has 2 heterocycles. The summed E-state index contributed by atoms with van der Waals surface area (Å²) in [7, 11) is 0. The fourth-order valence-electron chi connectivity index (χ4n) is 3.55. The van der Waals surface area contributed by atoms with Gasteiger partial charge in [0, 0.05) is 27.1 Å². The maximum atomic E-state index is 13.0. The minimum Gasteiger partial charge on any atom is -0.322 e. The van der Waals surface area contributed by atoms with Crippen LogP contribution in [0.4, 0.5) is 5.69 Å². The molecule has 166 valence electrons. The van der Waals surface area contributed by atoms with Crippen LogP contribution in [0.2, 0.25) is 0 Å². The Labute approximate surface area is 202 Å². The molecule has 2 aromatic heterocycles. The first-order valence-electron chi connectivity index (χ1n) is 10.9. The Bertz CT molecular complexity index is 1470. The van der Waals surface area contributed by atoms with E-state index in [1.807, 2.05) is 91.9 Å². The molecule has 5 rings (SSSR count). The van der Waals surface area contributed by atoms with Crippen molar-refractivity contribution in [3.8, 4) is 0 Å². The van der Waals surface area contributed by atoms with Crippen molar-refractivity contribution < 1.29 is 4.79 Å². The fraction of sp³-hybridized carbons (Fsp3) is 0.0357. The van der Waals surface area contributed by atoms with Crippen molar-refractivity contribution in [2.75, 3.05) is 5.32 Å². The van der Waals surface area contributed by atoms with E-state index < -0.39 is 0 Å². The molecule has 0 radical (unpaired) electrons. The highest BCUT2D eigenvalue weighted by Gasteiger charge is 2.13. The van der Waals surface area contributed by atoms with Gasteiger partial charge in [-0.1, -0.05) is 47.7 Å². The summed E-state index contributed by atoms with van der Waals surface area (Å²) in [4.78, 5) is 19.2. The Morgan fingerprint density at radius 1 is 0.941 bits per heavy atom. The van der Waals surface area contributed by atoms with Crippen molar-refractivity contribution in [3.05, 3.63) is 114 Å². The lowest BCUT2D eigenvalue weighted by Crippen LogP contribution is -2.12. The summed E-state index contributed by atoms with van der Waals surface area (Å²) in [6, 6.07) is 27.4. The van der Waals surface area contributed by atoms with Crippen LogP contribution in [0.1, 0.15) is 27.3 Å². The molecule has 0 fully saturated rings. The van der Waals surface area contributed by atoms with E-state index in [4.69, 9.17) is 0 Å². The summed E-state index contributed by atoms with van der Waals surface area (Å²) < 4.78 is 0.